The minimum absolute atomic E-state index is 0. The fourth-order valence-electron chi connectivity index (χ4n) is 4.17. The van der Waals surface area contributed by atoms with Crippen molar-refractivity contribution < 1.29 is 9.53 Å². The number of anilines is 1. The van der Waals surface area contributed by atoms with E-state index in [1.54, 1.807) is 0 Å². The van der Waals surface area contributed by atoms with Gasteiger partial charge in [-0.3, -0.25) is 4.79 Å². The molecule has 9 heteroatoms. The quantitative estimate of drug-likeness (QED) is 0.239. The van der Waals surface area contributed by atoms with Crippen molar-refractivity contribution in [1.29, 1.82) is 0 Å². The molecule has 3 rings (SSSR count). The number of halogens is 1. The SMILES string of the molecule is CCNC(=NCc1ccc(N2CCN(CC)CC2)nc1)N1CCC(C(=O)OCC)CC1.I. The lowest BCUT2D eigenvalue weighted by Crippen LogP contribution is -2.46. The number of aromatic nitrogens is 1. The van der Waals surface area contributed by atoms with Crippen LogP contribution in [0.3, 0.4) is 0 Å². The highest BCUT2D eigenvalue weighted by Crippen LogP contribution is 2.19. The Morgan fingerprint density at radius 2 is 1.84 bits per heavy atom. The highest BCUT2D eigenvalue weighted by molar-refractivity contribution is 14.0. The van der Waals surface area contributed by atoms with Gasteiger partial charge in [-0.25, -0.2) is 9.98 Å². The number of hydrogen-bond acceptors (Lipinski definition) is 6. The van der Waals surface area contributed by atoms with Gasteiger partial charge in [0.2, 0.25) is 0 Å². The first kappa shape index (κ1) is 26.6. The predicted molar refractivity (Wildman–Crippen MR) is 140 cm³/mol. The molecular weight excluding hydrogens is 519 g/mol. The molecule has 3 heterocycles. The van der Waals surface area contributed by atoms with E-state index in [0.29, 0.717) is 13.2 Å². The Bertz CT molecular complexity index is 714. The van der Waals surface area contributed by atoms with Crippen LogP contribution < -0.4 is 10.2 Å². The second-order valence-corrected chi connectivity index (χ2v) is 8.13. The Kier molecular flexibility index (Phi) is 11.5. The molecule has 0 spiro atoms. The van der Waals surface area contributed by atoms with E-state index in [1.165, 1.54) is 0 Å². The smallest absolute Gasteiger partial charge is 0.309 e. The van der Waals surface area contributed by atoms with Crippen LogP contribution in [0.25, 0.3) is 0 Å². The van der Waals surface area contributed by atoms with Crippen molar-refractivity contribution in [3.8, 4) is 0 Å². The summed E-state index contributed by atoms with van der Waals surface area (Å²) in [6.07, 6.45) is 3.57. The standard InChI is InChI=1S/C23H38N6O2.HI/c1-4-24-23(29-11-9-20(10-12-29)22(30)31-6-3)26-18-19-7-8-21(25-17-19)28-15-13-27(5-2)14-16-28;/h7-8,17,20H,4-6,9-16,18H2,1-3H3,(H,24,26);1H. The summed E-state index contributed by atoms with van der Waals surface area (Å²) >= 11 is 0. The Morgan fingerprint density at radius 1 is 1.12 bits per heavy atom. The largest absolute Gasteiger partial charge is 0.466 e. The number of likely N-dealkylation sites (N-methyl/N-ethyl adjacent to an activating group) is 1. The van der Waals surface area contributed by atoms with E-state index in [4.69, 9.17) is 9.73 Å². The summed E-state index contributed by atoms with van der Waals surface area (Å²) < 4.78 is 5.18. The first-order valence-electron chi connectivity index (χ1n) is 11.8. The molecule has 2 saturated heterocycles. The summed E-state index contributed by atoms with van der Waals surface area (Å²) in [5, 5.41) is 3.39. The molecule has 2 fully saturated rings. The number of ether oxygens (including phenoxy) is 1. The summed E-state index contributed by atoms with van der Waals surface area (Å²) in [6, 6.07) is 4.25. The molecule has 0 saturated carbocycles. The third-order valence-corrected chi connectivity index (χ3v) is 6.11. The number of pyridine rings is 1. The molecule has 0 aromatic carbocycles. The van der Waals surface area contributed by atoms with Crippen molar-refractivity contribution in [3.05, 3.63) is 23.9 Å². The lowest BCUT2D eigenvalue weighted by Gasteiger charge is -2.34. The van der Waals surface area contributed by atoms with Crippen LogP contribution in [0, 0.1) is 5.92 Å². The molecule has 1 aromatic rings. The number of nitrogens with zero attached hydrogens (tertiary/aromatic N) is 5. The fraction of sp³-hybridized carbons (Fsp3) is 0.696. The number of piperidine rings is 1. The molecule has 0 unspecified atom stereocenters. The van der Waals surface area contributed by atoms with Crippen molar-refractivity contribution in [3.63, 3.8) is 0 Å². The number of nitrogens with one attached hydrogen (secondary N) is 1. The zero-order valence-electron chi connectivity index (χ0n) is 19.8. The molecule has 0 radical (unpaired) electrons. The minimum Gasteiger partial charge on any atom is -0.466 e. The number of carbonyl (C=O) groups is 1. The third kappa shape index (κ3) is 7.47. The van der Waals surface area contributed by atoms with Gasteiger partial charge in [-0.2, -0.15) is 0 Å². The molecule has 2 aliphatic heterocycles. The molecular formula is C23H39IN6O2. The summed E-state index contributed by atoms with van der Waals surface area (Å²) in [4.78, 5) is 28.6. The molecule has 0 aliphatic carbocycles. The van der Waals surface area contributed by atoms with E-state index >= 15 is 0 Å². The molecule has 0 atom stereocenters. The average Bonchev–Trinajstić information content (AvgIpc) is 2.82. The number of rotatable bonds is 7. The van der Waals surface area contributed by atoms with Crippen LogP contribution in [-0.4, -0.2) is 85.7 Å². The van der Waals surface area contributed by atoms with Crippen molar-refractivity contribution in [1.82, 2.24) is 20.1 Å². The maximum atomic E-state index is 12.0. The molecule has 0 amide bonds. The van der Waals surface area contributed by atoms with E-state index < -0.39 is 0 Å². The topological polar surface area (TPSA) is 73.3 Å². The van der Waals surface area contributed by atoms with Crippen LogP contribution >= 0.6 is 24.0 Å². The summed E-state index contributed by atoms with van der Waals surface area (Å²) in [7, 11) is 0. The monoisotopic (exact) mass is 558 g/mol. The maximum absolute atomic E-state index is 12.0. The Morgan fingerprint density at radius 3 is 2.41 bits per heavy atom. The van der Waals surface area contributed by atoms with Crippen LogP contribution in [0.1, 0.15) is 39.2 Å². The molecule has 32 heavy (non-hydrogen) atoms. The summed E-state index contributed by atoms with van der Waals surface area (Å²) in [5.41, 5.74) is 1.10. The first-order valence-corrected chi connectivity index (χ1v) is 11.8. The van der Waals surface area contributed by atoms with Crippen LogP contribution in [0.5, 0.6) is 0 Å². The number of likely N-dealkylation sites (tertiary alicyclic amines) is 1. The van der Waals surface area contributed by atoms with E-state index in [0.717, 1.165) is 82.5 Å². The third-order valence-electron chi connectivity index (χ3n) is 6.11. The molecule has 2 aliphatic rings. The normalized spacial score (nSPS) is 18.3. The average molecular weight is 559 g/mol. The molecule has 1 N–H and O–H groups in total. The first-order chi connectivity index (χ1) is 15.1. The minimum atomic E-state index is -0.0636. The van der Waals surface area contributed by atoms with Gasteiger partial charge >= 0.3 is 5.97 Å². The van der Waals surface area contributed by atoms with E-state index in [9.17, 15) is 4.79 Å². The van der Waals surface area contributed by atoms with Gasteiger partial charge < -0.3 is 24.8 Å². The molecule has 8 nitrogen and oxygen atoms in total. The van der Waals surface area contributed by atoms with Crippen molar-refractivity contribution in [2.45, 2.75) is 40.2 Å². The van der Waals surface area contributed by atoms with E-state index in [-0.39, 0.29) is 35.9 Å². The molecule has 1 aromatic heterocycles. The van der Waals surface area contributed by atoms with Gasteiger partial charge in [0, 0.05) is 52.0 Å². The number of esters is 1. The lowest BCUT2D eigenvalue weighted by molar-refractivity contribution is -0.149. The predicted octanol–water partition coefficient (Wildman–Crippen LogP) is 2.58. The van der Waals surface area contributed by atoms with Gasteiger partial charge in [0.05, 0.1) is 19.1 Å². The van der Waals surface area contributed by atoms with E-state index in [1.807, 2.05) is 13.1 Å². The number of hydrogen-bond donors (Lipinski definition) is 1. The number of carbonyl (C=O) groups excluding carboxylic acids is 1. The zero-order valence-corrected chi connectivity index (χ0v) is 22.1. The number of piperazine rings is 1. The van der Waals surface area contributed by atoms with Crippen LogP contribution in [-0.2, 0) is 16.1 Å². The molecule has 180 valence electrons. The second kappa shape index (κ2) is 13.8. The van der Waals surface area contributed by atoms with Crippen LogP contribution in [0.15, 0.2) is 23.3 Å². The Labute approximate surface area is 209 Å². The van der Waals surface area contributed by atoms with Gasteiger partial charge in [-0.05, 0) is 44.9 Å². The highest BCUT2D eigenvalue weighted by atomic mass is 127. The number of guanidine groups is 1. The Balaban J connectivity index is 0.00000363. The van der Waals surface area contributed by atoms with Crippen LogP contribution in [0.2, 0.25) is 0 Å². The maximum Gasteiger partial charge on any atom is 0.309 e. The van der Waals surface area contributed by atoms with Gasteiger partial charge in [0.15, 0.2) is 5.96 Å². The van der Waals surface area contributed by atoms with Crippen molar-refractivity contribution >= 4 is 41.7 Å². The fourth-order valence-corrected chi connectivity index (χ4v) is 4.17. The summed E-state index contributed by atoms with van der Waals surface area (Å²) in [6.45, 7) is 15.0. The van der Waals surface area contributed by atoms with Gasteiger partial charge in [0.25, 0.3) is 0 Å². The van der Waals surface area contributed by atoms with Crippen molar-refractivity contribution in [2.24, 2.45) is 10.9 Å². The summed E-state index contributed by atoms with van der Waals surface area (Å²) in [5.74, 6) is 1.90. The second-order valence-electron chi connectivity index (χ2n) is 8.13. The van der Waals surface area contributed by atoms with E-state index in [2.05, 4.69) is 51.0 Å². The molecule has 0 bridgehead atoms. The Hall–Kier alpha value is -1.62. The van der Waals surface area contributed by atoms with Crippen LogP contribution in [0.4, 0.5) is 5.82 Å². The zero-order chi connectivity index (χ0) is 22.1. The van der Waals surface area contributed by atoms with Gasteiger partial charge in [0.1, 0.15) is 5.82 Å². The number of aliphatic imine (C=N–C) groups is 1. The van der Waals surface area contributed by atoms with Gasteiger partial charge in [-0.1, -0.05) is 13.0 Å². The highest BCUT2D eigenvalue weighted by Gasteiger charge is 2.27. The van der Waals surface area contributed by atoms with Crippen molar-refractivity contribution in [2.75, 3.05) is 63.9 Å². The van der Waals surface area contributed by atoms with Gasteiger partial charge in [-0.15, -0.1) is 24.0 Å². The lowest BCUT2D eigenvalue weighted by atomic mass is 9.97.